The summed E-state index contributed by atoms with van der Waals surface area (Å²) in [6.07, 6.45) is -1.81. The molecule has 0 aliphatic rings. The van der Waals surface area contributed by atoms with Gasteiger partial charge in [0, 0.05) is 41.3 Å². The molecule has 10 heteroatoms. The molecule has 2 heterocycles. The summed E-state index contributed by atoms with van der Waals surface area (Å²) in [6.45, 7) is -0.462. The minimum Gasteiger partial charge on any atom is -0.493 e. The van der Waals surface area contributed by atoms with Crippen LogP contribution < -0.4 is 20.3 Å². The first-order chi connectivity index (χ1) is 17.2. The first-order valence-corrected chi connectivity index (χ1v) is 11.0. The number of para-hydroxylation sites is 2. The monoisotopic (exact) mass is 499 g/mol. The maximum atomic E-state index is 13.1. The molecule has 0 spiro atoms. The lowest BCUT2D eigenvalue weighted by molar-refractivity contribution is -0.139. The van der Waals surface area contributed by atoms with Crippen LogP contribution >= 0.6 is 0 Å². The Morgan fingerprint density at radius 1 is 1.03 bits per heavy atom. The molecule has 188 valence electrons. The van der Waals surface area contributed by atoms with E-state index >= 15 is 0 Å². The Kier molecular flexibility index (Phi) is 7.05. The van der Waals surface area contributed by atoms with E-state index in [4.69, 9.17) is 9.47 Å². The first kappa shape index (κ1) is 24.9. The molecule has 2 aromatic carbocycles. The molecule has 4 rings (SSSR count). The van der Waals surface area contributed by atoms with Crippen LogP contribution in [0.2, 0.25) is 0 Å². The van der Waals surface area contributed by atoms with E-state index in [-0.39, 0.29) is 6.54 Å². The van der Waals surface area contributed by atoms with Gasteiger partial charge in [-0.2, -0.15) is 13.2 Å². The number of halogens is 3. The van der Waals surface area contributed by atoms with E-state index in [1.807, 2.05) is 42.6 Å². The van der Waals surface area contributed by atoms with Crippen molar-refractivity contribution in [3.8, 4) is 11.5 Å². The van der Waals surface area contributed by atoms with Crippen LogP contribution in [0.3, 0.4) is 0 Å². The van der Waals surface area contributed by atoms with Crippen molar-refractivity contribution < 1.29 is 27.4 Å². The molecule has 0 saturated heterocycles. The van der Waals surface area contributed by atoms with Gasteiger partial charge in [-0.1, -0.05) is 30.3 Å². The molecule has 2 N–H and O–H groups in total. The number of methoxy groups -OCH3 is 2. The number of carbonyl (C=O) groups is 1. The van der Waals surface area contributed by atoms with E-state index in [9.17, 15) is 22.8 Å². The largest absolute Gasteiger partial charge is 0.493 e. The standard InChI is InChI=1S/C26H24F3N3O4/c1-35-22-11-5-8-17(24(22)36-2)19(18-13-30-21-10-4-3-7-16(18)21)14-31-23(33)15-32-12-6-9-20(25(32)34)26(27,28)29/h3-13,19,30H,14-15H2,1-2H3,(H,31,33). The van der Waals surface area contributed by atoms with E-state index in [1.165, 1.54) is 14.2 Å². The molecule has 2 aromatic heterocycles. The summed E-state index contributed by atoms with van der Waals surface area (Å²) in [6, 6.07) is 14.9. The van der Waals surface area contributed by atoms with Crippen molar-refractivity contribution in [3.05, 3.63) is 94.0 Å². The van der Waals surface area contributed by atoms with E-state index in [0.717, 1.165) is 38.9 Å². The number of hydrogen-bond acceptors (Lipinski definition) is 4. The number of ether oxygens (including phenoxy) is 2. The van der Waals surface area contributed by atoms with Crippen molar-refractivity contribution in [1.82, 2.24) is 14.9 Å². The predicted molar refractivity (Wildman–Crippen MR) is 128 cm³/mol. The summed E-state index contributed by atoms with van der Waals surface area (Å²) in [5, 5.41) is 3.71. The van der Waals surface area contributed by atoms with Crippen LogP contribution in [0.4, 0.5) is 13.2 Å². The van der Waals surface area contributed by atoms with Gasteiger partial charge in [0.1, 0.15) is 12.1 Å². The molecule has 1 amide bonds. The Morgan fingerprint density at radius 2 is 1.81 bits per heavy atom. The van der Waals surface area contributed by atoms with Crippen molar-refractivity contribution >= 4 is 16.8 Å². The number of aromatic nitrogens is 2. The van der Waals surface area contributed by atoms with Crippen molar-refractivity contribution in [1.29, 1.82) is 0 Å². The summed E-state index contributed by atoms with van der Waals surface area (Å²) in [4.78, 5) is 28.2. The second kappa shape index (κ2) is 10.2. The quantitative estimate of drug-likeness (QED) is 0.378. The van der Waals surface area contributed by atoms with Crippen molar-refractivity contribution in [2.75, 3.05) is 20.8 Å². The average molecular weight is 499 g/mol. The van der Waals surface area contributed by atoms with Crippen molar-refractivity contribution in [2.45, 2.75) is 18.6 Å². The van der Waals surface area contributed by atoms with Crippen LogP contribution in [0.1, 0.15) is 22.6 Å². The van der Waals surface area contributed by atoms with Gasteiger partial charge in [-0.05, 0) is 29.8 Å². The van der Waals surface area contributed by atoms with E-state index < -0.39 is 35.7 Å². The SMILES string of the molecule is COc1cccc(C(CNC(=O)Cn2cccc(C(F)(F)F)c2=O)c2c[nH]c3ccccc23)c1OC. The number of rotatable bonds is 8. The van der Waals surface area contributed by atoms with Crippen molar-refractivity contribution in [3.63, 3.8) is 0 Å². The minimum atomic E-state index is -4.81. The Bertz CT molecular complexity index is 1440. The molecule has 1 atom stereocenters. The minimum absolute atomic E-state index is 0.0952. The number of amides is 1. The molecular formula is C26H24F3N3O4. The Balaban J connectivity index is 1.65. The number of alkyl halides is 3. The van der Waals surface area contributed by atoms with E-state index in [0.29, 0.717) is 17.6 Å². The number of carbonyl (C=O) groups excluding carboxylic acids is 1. The summed E-state index contributed by atoms with van der Waals surface area (Å²) in [5.41, 5.74) is -0.0635. The highest BCUT2D eigenvalue weighted by Crippen LogP contribution is 2.40. The predicted octanol–water partition coefficient (Wildman–Crippen LogP) is 4.31. The molecule has 36 heavy (non-hydrogen) atoms. The summed E-state index contributed by atoms with van der Waals surface area (Å²) < 4.78 is 51.1. The number of fused-ring (bicyclic) bond motifs is 1. The fraction of sp³-hybridized carbons (Fsp3) is 0.231. The number of aromatic amines is 1. The highest BCUT2D eigenvalue weighted by atomic mass is 19.4. The number of hydrogen-bond donors (Lipinski definition) is 2. The number of benzene rings is 2. The Labute approximate surface area is 204 Å². The zero-order valence-electron chi connectivity index (χ0n) is 19.6. The molecule has 0 saturated carbocycles. The molecule has 1 unspecified atom stereocenters. The topological polar surface area (TPSA) is 85.4 Å². The molecule has 0 radical (unpaired) electrons. The maximum Gasteiger partial charge on any atom is 0.421 e. The normalized spacial score (nSPS) is 12.4. The van der Waals surface area contributed by atoms with Crippen LogP contribution in [0, 0.1) is 0 Å². The Morgan fingerprint density at radius 3 is 2.53 bits per heavy atom. The molecule has 4 aromatic rings. The van der Waals surface area contributed by atoms with Crippen LogP contribution in [0.25, 0.3) is 10.9 Å². The Hall–Kier alpha value is -4.21. The third-order valence-corrected chi connectivity index (χ3v) is 5.95. The van der Waals surface area contributed by atoms with Gasteiger partial charge >= 0.3 is 6.18 Å². The molecule has 0 aliphatic heterocycles. The molecular weight excluding hydrogens is 475 g/mol. The van der Waals surface area contributed by atoms with Crippen LogP contribution in [-0.4, -0.2) is 36.2 Å². The third-order valence-electron chi connectivity index (χ3n) is 5.95. The fourth-order valence-corrected chi connectivity index (χ4v) is 4.26. The van der Waals surface area contributed by atoms with Crippen molar-refractivity contribution in [2.24, 2.45) is 0 Å². The second-order valence-electron chi connectivity index (χ2n) is 8.08. The molecule has 0 fully saturated rings. The second-order valence-corrected chi connectivity index (χ2v) is 8.08. The zero-order valence-corrected chi connectivity index (χ0v) is 19.6. The van der Waals surface area contributed by atoms with Crippen LogP contribution in [-0.2, 0) is 17.5 Å². The lowest BCUT2D eigenvalue weighted by Gasteiger charge is -2.22. The van der Waals surface area contributed by atoms with Crippen LogP contribution in [0.15, 0.2) is 71.8 Å². The molecule has 0 bridgehead atoms. The zero-order chi connectivity index (χ0) is 25.9. The average Bonchev–Trinajstić information content (AvgIpc) is 3.28. The van der Waals surface area contributed by atoms with Crippen LogP contribution in [0.5, 0.6) is 11.5 Å². The lowest BCUT2D eigenvalue weighted by Crippen LogP contribution is -2.36. The maximum absolute atomic E-state index is 13.1. The van der Waals surface area contributed by atoms with E-state index in [2.05, 4.69) is 10.3 Å². The van der Waals surface area contributed by atoms with Gasteiger partial charge in [-0.15, -0.1) is 0 Å². The highest BCUT2D eigenvalue weighted by Gasteiger charge is 2.34. The van der Waals surface area contributed by atoms with E-state index in [1.54, 1.807) is 6.07 Å². The van der Waals surface area contributed by atoms with Gasteiger partial charge in [-0.25, -0.2) is 0 Å². The van der Waals surface area contributed by atoms with Gasteiger partial charge in [0.15, 0.2) is 11.5 Å². The lowest BCUT2D eigenvalue weighted by atomic mass is 9.90. The van der Waals surface area contributed by atoms with Gasteiger partial charge in [0.2, 0.25) is 5.91 Å². The molecule has 0 aliphatic carbocycles. The fourth-order valence-electron chi connectivity index (χ4n) is 4.26. The first-order valence-electron chi connectivity index (χ1n) is 11.0. The number of pyridine rings is 1. The number of nitrogens with one attached hydrogen (secondary N) is 2. The molecule has 7 nitrogen and oxygen atoms in total. The van der Waals surface area contributed by atoms with Gasteiger partial charge in [-0.3, -0.25) is 9.59 Å². The summed E-state index contributed by atoms with van der Waals surface area (Å²) >= 11 is 0. The van der Waals surface area contributed by atoms with Gasteiger partial charge in [0.05, 0.1) is 14.2 Å². The highest BCUT2D eigenvalue weighted by molar-refractivity contribution is 5.84. The number of H-pyrrole nitrogens is 1. The summed E-state index contributed by atoms with van der Waals surface area (Å²) in [5.74, 6) is 0.0109. The van der Waals surface area contributed by atoms with Gasteiger partial charge < -0.3 is 24.3 Å². The smallest absolute Gasteiger partial charge is 0.421 e. The third kappa shape index (κ3) is 4.93. The number of nitrogens with zero attached hydrogens (tertiary/aromatic N) is 1. The van der Waals surface area contributed by atoms with Gasteiger partial charge in [0.25, 0.3) is 5.56 Å². The summed E-state index contributed by atoms with van der Waals surface area (Å²) in [7, 11) is 3.04.